The predicted octanol–water partition coefficient (Wildman–Crippen LogP) is 3.58. The van der Waals surface area contributed by atoms with Crippen LogP contribution in [0.2, 0.25) is 0 Å². The van der Waals surface area contributed by atoms with Gasteiger partial charge in [0.05, 0.1) is 18.6 Å². The highest BCUT2D eigenvalue weighted by Gasteiger charge is 2.30. The maximum atomic E-state index is 12.0. The Morgan fingerprint density at radius 2 is 2.15 bits per heavy atom. The standard InChI is InChI=1S/C17H24O3/c1-3-6-15(17(19)20-4-2)16(18)14-8-5-7-13(11-14)12-9-10-12/h5,7-8,11-12,15-16,18H,3-4,6,9-10H2,1-2H3. The van der Waals surface area contributed by atoms with E-state index in [1.54, 1.807) is 6.92 Å². The Bertz CT molecular complexity index is 451. The summed E-state index contributed by atoms with van der Waals surface area (Å²) in [6, 6.07) is 8.02. The minimum absolute atomic E-state index is 0.293. The third kappa shape index (κ3) is 3.60. The number of rotatable bonds is 7. The molecule has 1 fully saturated rings. The van der Waals surface area contributed by atoms with Crippen molar-refractivity contribution in [3.8, 4) is 0 Å². The first-order valence-electron chi connectivity index (χ1n) is 7.61. The Balaban J connectivity index is 2.15. The first-order chi connectivity index (χ1) is 9.67. The molecule has 1 N–H and O–H groups in total. The van der Waals surface area contributed by atoms with E-state index in [4.69, 9.17) is 4.74 Å². The van der Waals surface area contributed by atoms with E-state index >= 15 is 0 Å². The molecule has 0 spiro atoms. The van der Waals surface area contributed by atoms with E-state index in [9.17, 15) is 9.90 Å². The van der Waals surface area contributed by atoms with Crippen LogP contribution in [0.15, 0.2) is 24.3 Å². The number of aliphatic hydroxyl groups excluding tert-OH is 1. The molecule has 3 heteroatoms. The van der Waals surface area contributed by atoms with Gasteiger partial charge < -0.3 is 9.84 Å². The van der Waals surface area contributed by atoms with Gasteiger partial charge in [0.2, 0.25) is 0 Å². The molecule has 110 valence electrons. The Hall–Kier alpha value is -1.35. The van der Waals surface area contributed by atoms with E-state index in [-0.39, 0.29) is 5.97 Å². The summed E-state index contributed by atoms with van der Waals surface area (Å²) in [7, 11) is 0. The highest BCUT2D eigenvalue weighted by molar-refractivity contribution is 5.73. The minimum atomic E-state index is -0.771. The van der Waals surface area contributed by atoms with Crippen LogP contribution in [0.5, 0.6) is 0 Å². The molecule has 0 aliphatic heterocycles. The number of carbonyl (C=O) groups is 1. The fraction of sp³-hybridized carbons (Fsp3) is 0.588. The van der Waals surface area contributed by atoms with Crippen LogP contribution in [0, 0.1) is 5.92 Å². The summed E-state index contributed by atoms with van der Waals surface area (Å²) in [6.07, 6.45) is 3.19. The maximum Gasteiger partial charge on any atom is 0.311 e. The van der Waals surface area contributed by atoms with Crippen LogP contribution in [0.1, 0.15) is 62.7 Å². The predicted molar refractivity (Wildman–Crippen MR) is 78.4 cm³/mol. The van der Waals surface area contributed by atoms with Crippen LogP contribution in [0.3, 0.4) is 0 Å². The van der Waals surface area contributed by atoms with E-state index in [2.05, 4.69) is 6.07 Å². The third-order valence-electron chi connectivity index (χ3n) is 3.87. The highest BCUT2D eigenvalue weighted by Crippen LogP contribution is 2.41. The monoisotopic (exact) mass is 276 g/mol. The van der Waals surface area contributed by atoms with Crippen molar-refractivity contribution in [2.24, 2.45) is 5.92 Å². The Kier molecular flexibility index (Phi) is 5.18. The van der Waals surface area contributed by atoms with Crippen LogP contribution in [-0.2, 0) is 9.53 Å². The number of esters is 1. The first-order valence-corrected chi connectivity index (χ1v) is 7.61. The number of carbonyl (C=O) groups excluding carboxylic acids is 1. The van der Waals surface area contributed by atoms with E-state index in [0.717, 1.165) is 12.0 Å². The van der Waals surface area contributed by atoms with Crippen LogP contribution >= 0.6 is 0 Å². The molecule has 2 rings (SSSR count). The number of benzene rings is 1. The SMILES string of the molecule is CCCC(C(=O)OCC)C(O)c1cccc(C2CC2)c1. The number of hydrogen-bond donors (Lipinski definition) is 1. The second-order valence-corrected chi connectivity index (χ2v) is 5.54. The smallest absolute Gasteiger partial charge is 0.311 e. The molecule has 0 saturated heterocycles. The van der Waals surface area contributed by atoms with Gasteiger partial charge in [0, 0.05) is 0 Å². The number of aliphatic hydroxyl groups is 1. The van der Waals surface area contributed by atoms with E-state index in [1.807, 2.05) is 25.1 Å². The topological polar surface area (TPSA) is 46.5 Å². The van der Waals surface area contributed by atoms with Crippen molar-refractivity contribution in [2.45, 2.75) is 51.6 Å². The molecule has 1 aliphatic rings. The van der Waals surface area contributed by atoms with Crippen molar-refractivity contribution in [1.82, 2.24) is 0 Å². The lowest BCUT2D eigenvalue weighted by Crippen LogP contribution is -2.24. The maximum absolute atomic E-state index is 12.0. The van der Waals surface area contributed by atoms with Crippen molar-refractivity contribution in [3.05, 3.63) is 35.4 Å². The molecule has 0 radical (unpaired) electrons. The summed E-state index contributed by atoms with van der Waals surface area (Å²) < 4.78 is 5.09. The lowest BCUT2D eigenvalue weighted by Gasteiger charge is -2.21. The van der Waals surface area contributed by atoms with E-state index < -0.39 is 12.0 Å². The van der Waals surface area contributed by atoms with Crippen LogP contribution in [0.25, 0.3) is 0 Å². The summed E-state index contributed by atoms with van der Waals surface area (Å²) in [6.45, 7) is 4.16. The van der Waals surface area contributed by atoms with Crippen molar-refractivity contribution in [3.63, 3.8) is 0 Å². The molecule has 2 unspecified atom stereocenters. The first kappa shape index (κ1) is 15.0. The van der Waals surface area contributed by atoms with Crippen molar-refractivity contribution in [1.29, 1.82) is 0 Å². The zero-order valence-electron chi connectivity index (χ0n) is 12.3. The zero-order chi connectivity index (χ0) is 14.5. The minimum Gasteiger partial charge on any atom is -0.466 e. The van der Waals surface area contributed by atoms with Crippen LogP contribution < -0.4 is 0 Å². The van der Waals surface area contributed by atoms with Gasteiger partial charge in [-0.3, -0.25) is 4.79 Å². The van der Waals surface area contributed by atoms with E-state index in [0.29, 0.717) is 18.9 Å². The molecule has 2 atom stereocenters. The van der Waals surface area contributed by atoms with Gasteiger partial charge in [-0.05, 0) is 43.2 Å². The Labute approximate surface area is 121 Å². The summed E-state index contributed by atoms with van der Waals surface area (Å²) in [5.74, 6) is -0.109. The molecular formula is C17H24O3. The lowest BCUT2D eigenvalue weighted by atomic mass is 9.90. The van der Waals surface area contributed by atoms with Gasteiger partial charge in [0.15, 0.2) is 0 Å². The Morgan fingerprint density at radius 1 is 1.40 bits per heavy atom. The molecule has 1 saturated carbocycles. The lowest BCUT2D eigenvalue weighted by molar-refractivity contribution is -0.152. The molecule has 1 aromatic carbocycles. The average molecular weight is 276 g/mol. The summed E-state index contributed by atoms with van der Waals surface area (Å²) >= 11 is 0. The summed E-state index contributed by atoms with van der Waals surface area (Å²) in [5, 5.41) is 10.5. The van der Waals surface area contributed by atoms with Gasteiger partial charge >= 0.3 is 5.97 Å². The number of ether oxygens (including phenoxy) is 1. The molecule has 3 nitrogen and oxygen atoms in total. The zero-order valence-corrected chi connectivity index (χ0v) is 12.3. The van der Waals surface area contributed by atoms with Gasteiger partial charge in [-0.25, -0.2) is 0 Å². The van der Waals surface area contributed by atoms with Crippen LogP contribution in [-0.4, -0.2) is 17.7 Å². The average Bonchev–Trinajstić information content (AvgIpc) is 3.29. The van der Waals surface area contributed by atoms with E-state index in [1.165, 1.54) is 18.4 Å². The molecule has 1 aromatic rings. The Morgan fingerprint density at radius 3 is 2.75 bits per heavy atom. The molecule has 0 aromatic heterocycles. The fourth-order valence-electron chi connectivity index (χ4n) is 2.61. The van der Waals surface area contributed by atoms with Gasteiger partial charge in [0.25, 0.3) is 0 Å². The second-order valence-electron chi connectivity index (χ2n) is 5.54. The van der Waals surface area contributed by atoms with Crippen LogP contribution in [0.4, 0.5) is 0 Å². The van der Waals surface area contributed by atoms with Gasteiger partial charge in [-0.1, -0.05) is 37.6 Å². The molecule has 0 bridgehead atoms. The second kappa shape index (κ2) is 6.89. The highest BCUT2D eigenvalue weighted by atomic mass is 16.5. The van der Waals surface area contributed by atoms with Crippen molar-refractivity contribution in [2.75, 3.05) is 6.61 Å². The molecule has 0 heterocycles. The summed E-state index contributed by atoms with van der Waals surface area (Å²) in [5.41, 5.74) is 2.11. The molecular weight excluding hydrogens is 252 g/mol. The third-order valence-corrected chi connectivity index (χ3v) is 3.87. The summed E-state index contributed by atoms with van der Waals surface area (Å²) in [4.78, 5) is 12.0. The van der Waals surface area contributed by atoms with Crippen molar-refractivity contribution >= 4 is 5.97 Å². The fourth-order valence-corrected chi connectivity index (χ4v) is 2.61. The van der Waals surface area contributed by atoms with Crippen molar-refractivity contribution < 1.29 is 14.6 Å². The molecule has 20 heavy (non-hydrogen) atoms. The number of hydrogen-bond acceptors (Lipinski definition) is 3. The van der Waals surface area contributed by atoms with Gasteiger partial charge in [-0.2, -0.15) is 0 Å². The molecule has 1 aliphatic carbocycles. The normalized spacial score (nSPS) is 17.6. The molecule has 0 amide bonds. The van der Waals surface area contributed by atoms with Gasteiger partial charge in [0.1, 0.15) is 0 Å². The quantitative estimate of drug-likeness (QED) is 0.774. The van der Waals surface area contributed by atoms with Gasteiger partial charge in [-0.15, -0.1) is 0 Å². The largest absolute Gasteiger partial charge is 0.466 e.